The predicted octanol–water partition coefficient (Wildman–Crippen LogP) is 5.35. The lowest BCUT2D eigenvalue weighted by Gasteiger charge is -2.27. The van der Waals surface area contributed by atoms with Crippen LogP contribution in [0.15, 0.2) is 72.3 Å². The Morgan fingerprint density at radius 2 is 1.68 bits per heavy atom. The van der Waals surface area contributed by atoms with Crippen LogP contribution in [0.1, 0.15) is 41.6 Å². The number of benzene rings is 3. The highest BCUT2D eigenvalue weighted by atomic mass is 16.5. The summed E-state index contributed by atoms with van der Waals surface area (Å²) in [6.45, 7) is 5.69. The molecule has 0 spiro atoms. The first kappa shape index (κ1) is 29.7. The Kier molecular flexibility index (Phi) is 9.68. The number of hydrogen-bond acceptors (Lipinski definition) is 7. The van der Waals surface area contributed by atoms with Gasteiger partial charge in [-0.1, -0.05) is 43.3 Å². The summed E-state index contributed by atoms with van der Waals surface area (Å²) in [6, 6.07) is 19.6. The van der Waals surface area contributed by atoms with Gasteiger partial charge in [0.15, 0.2) is 11.5 Å². The van der Waals surface area contributed by atoms with E-state index in [2.05, 4.69) is 0 Å². The Bertz CT molecular complexity index is 1420. The van der Waals surface area contributed by atoms with Crippen molar-refractivity contribution in [3.63, 3.8) is 0 Å². The maximum absolute atomic E-state index is 13.4. The van der Waals surface area contributed by atoms with E-state index < -0.39 is 17.7 Å². The maximum atomic E-state index is 13.4. The second-order valence-corrected chi connectivity index (χ2v) is 10.3. The SMILES string of the molecule is CCCOc1ccc(C(O)=C2C(=O)C(=O)N(CCN(C)C)C2c2ccc(OCc3ccccc3)c(OC)c2)cc1C. The van der Waals surface area contributed by atoms with Gasteiger partial charge in [-0.3, -0.25) is 9.59 Å². The second kappa shape index (κ2) is 13.4. The van der Waals surface area contributed by atoms with Crippen LogP contribution in [0.2, 0.25) is 0 Å². The molecule has 1 aliphatic heterocycles. The molecule has 0 bridgehead atoms. The summed E-state index contributed by atoms with van der Waals surface area (Å²) in [5, 5.41) is 11.5. The van der Waals surface area contributed by atoms with Crippen LogP contribution in [0.5, 0.6) is 17.2 Å². The molecule has 0 radical (unpaired) electrons. The second-order valence-electron chi connectivity index (χ2n) is 10.3. The number of hydrogen-bond donors (Lipinski definition) is 1. The van der Waals surface area contributed by atoms with Crippen LogP contribution in [-0.2, 0) is 16.2 Å². The molecule has 8 nitrogen and oxygen atoms in total. The Labute approximate surface area is 241 Å². The highest BCUT2D eigenvalue weighted by Gasteiger charge is 2.46. The molecule has 1 amide bonds. The van der Waals surface area contributed by atoms with Crippen molar-refractivity contribution in [3.05, 3.63) is 94.6 Å². The molecule has 3 aromatic carbocycles. The fraction of sp³-hybridized carbons (Fsp3) is 0.333. The number of Topliss-reactive ketones (excluding diaryl/α,β-unsaturated/α-hetero) is 1. The molecule has 3 aromatic rings. The topological polar surface area (TPSA) is 88.5 Å². The molecular weight excluding hydrogens is 520 g/mol. The summed E-state index contributed by atoms with van der Waals surface area (Å²) in [5.41, 5.74) is 2.94. The number of likely N-dealkylation sites (N-methyl/N-ethyl adjacent to an activating group) is 1. The summed E-state index contributed by atoms with van der Waals surface area (Å²) in [4.78, 5) is 30.2. The predicted molar refractivity (Wildman–Crippen MR) is 158 cm³/mol. The number of ketones is 1. The molecule has 1 unspecified atom stereocenters. The van der Waals surface area contributed by atoms with Crippen molar-refractivity contribution in [3.8, 4) is 17.2 Å². The van der Waals surface area contributed by atoms with Gasteiger partial charge < -0.3 is 29.1 Å². The number of likely N-dealkylation sites (tertiary alicyclic amines) is 1. The molecule has 0 aliphatic carbocycles. The van der Waals surface area contributed by atoms with Crippen molar-refractivity contribution in [1.82, 2.24) is 9.80 Å². The number of amides is 1. The summed E-state index contributed by atoms with van der Waals surface area (Å²) >= 11 is 0. The molecule has 1 N–H and O–H groups in total. The van der Waals surface area contributed by atoms with Gasteiger partial charge >= 0.3 is 0 Å². The molecule has 1 aliphatic rings. The van der Waals surface area contributed by atoms with E-state index in [0.29, 0.717) is 54.7 Å². The van der Waals surface area contributed by atoms with E-state index in [0.717, 1.165) is 17.5 Å². The van der Waals surface area contributed by atoms with E-state index >= 15 is 0 Å². The average molecular weight is 559 g/mol. The molecule has 0 saturated carbocycles. The highest BCUT2D eigenvalue weighted by molar-refractivity contribution is 6.46. The van der Waals surface area contributed by atoms with Crippen LogP contribution in [0, 0.1) is 6.92 Å². The van der Waals surface area contributed by atoms with Crippen LogP contribution in [-0.4, -0.2) is 67.5 Å². The Morgan fingerprint density at radius 3 is 2.34 bits per heavy atom. The number of rotatable bonds is 12. The van der Waals surface area contributed by atoms with E-state index in [1.54, 1.807) is 37.4 Å². The highest BCUT2D eigenvalue weighted by Crippen LogP contribution is 2.42. The van der Waals surface area contributed by atoms with E-state index in [1.807, 2.05) is 69.2 Å². The molecule has 1 fully saturated rings. The normalized spacial score (nSPS) is 16.3. The number of carbonyl (C=O) groups excluding carboxylic acids is 2. The molecule has 8 heteroatoms. The standard InChI is InChI=1S/C33H38N2O6/c1-6-18-40-26-14-13-25(19-22(26)2)31(36)29-30(35(17-16-34(3)4)33(38)32(29)37)24-12-15-27(28(20-24)39-5)41-21-23-10-8-7-9-11-23/h7-15,19-20,30,36H,6,16-18,21H2,1-5H3. The molecule has 1 atom stereocenters. The minimum absolute atomic E-state index is 0.0374. The third-order valence-corrected chi connectivity index (χ3v) is 6.98. The minimum atomic E-state index is -0.802. The molecule has 1 heterocycles. The van der Waals surface area contributed by atoms with Gasteiger partial charge in [0.05, 0.1) is 25.3 Å². The number of carbonyl (C=O) groups is 2. The summed E-state index contributed by atoms with van der Waals surface area (Å²) < 4.78 is 17.4. The molecule has 0 aromatic heterocycles. The Balaban J connectivity index is 1.75. The first-order chi connectivity index (χ1) is 19.7. The quantitative estimate of drug-likeness (QED) is 0.182. The van der Waals surface area contributed by atoms with E-state index in [-0.39, 0.29) is 11.3 Å². The first-order valence-corrected chi connectivity index (χ1v) is 13.8. The maximum Gasteiger partial charge on any atom is 0.295 e. The first-order valence-electron chi connectivity index (χ1n) is 13.8. The van der Waals surface area contributed by atoms with Gasteiger partial charge in [-0.2, -0.15) is 0 Å². The Hall–Kier alpha value is -4.30. The smallest absolute Gasteiger partial charge is 0.295 e. The van der Waals surface area contributed by atoms with Gasteiger partial charge in [-0.15, -0.1) is 0 Å². The van der Waals surface area contributed by atoms with Crippen LogP contribution in [0.25, 0.3) is 5.76 Å². The number of aryl methyl sites for hydroxylation is 1. The van der Waals surface area contributed by atoms with Gasteiger partial charge in [0.2, 0.25) is 0 Å². The number of methoxy groups -OCH3 is 1. The van der Waals surface area contributed by atoms with Gasteiger partial charge in [0.25, 0.3) is 11.7 Å². The summed E-state index contributed by atoms with van der Waals surface area (Å²) in [5.74, 6) is 0.102. The molecule has 41 heavy (non-hydrogen) atoms. The molecule has 216 valence electrons. The zero-order chi connectivity index (χ0) is 29.5. The zero-order valence-corrected chi connectivity index (χ0v) is 24.3. The van der Waals surface area contributed by atoms with Crippen LogP contribution in [0.4, 0.5) is 0 Å². The lowest BCUT2D eigenvalue weighted by molar-refractivity contribution is -0.140. The minimum Gasteiger partial charge on any atom is -0.507 e. The van der Waals surface area contributed by atoms with Gasteiger partial charge in [0, 0.05) is 18.7 Å². The summed E-state index contributed by atoms with van der Waals surface area (Å²) in [7, 11) is 5.35. The van der Waals surface area contributed by atoms with E-state index in [4.69, 9.17) is 14.2 Å². The third-order valence-electron chi connectivity index (χ3n) is 6.98. The fourth-order valence-electron chi connectivity index (χ4n) is 4.80. The molecule has 1 saturated heterocycles. The van der Waals surface area contributed by atoms with Crippen LogP contribution < -0.4 is 14.2 Å². The van der Waals surface area contributed by atoms with Crippen molar-refractivity contribution in [2.75, 3.05) is 40.9 Å². The summed E-state index contributed by atoms with van der Waals surface area (Å²) in [6.07, 6.45) is 0.872. The number of aliphatic hydroxyl groups excluding tert-OH is 1. The van der Waals surface area contributed by atoms with Crippen molar-refractivity contribution in [2.24, 2.45) is 0 Å². The van der Waals surface area contributed by atoms with Crippen molar-refractivity contribution in [2.45, 2.75) is 32.9 Å². The van der Waals surface area contributed by atoms with E-state index in [1.165, 1.54) is 4.90 Å². The third kappa shape index (κ3) is 6.72. The number of aliphatic hydroxyl groups is 1. The van der Waals surface area contributed by atoms with Crippen molar-refractivity contribution >= 4 is 17.4 Å². The van der Waals surface area contributed by atoms with E-state index in [9.17, 15) is 14.7 Å². The fourth-order valence-corrected chi connectivity index (χ4v) is 4.80. The lowest BCUT2D eigenvalue weighted by Crippen LogP contribution is -2.35. The Morgan fingerprint density at radius 1 is 0.951 bits per heavy atom. The number of ether oxygens (including phenoxy) is 3. The lowest BCUT2D eigenvalue weighted by atomic mass is 9.94. The zero-order valence-electron chi connectivity index (χ0n) is 24.3. The van der Waals surface area contributed by atoms with Gasteiger partial charge in [-0.25, -0.2) is 0 Å². The van der Waals surface area contributed by atoms with Crippen molar-refractivity contribution < 1.29 is 28.9 Å². The van der Waals surface area contributed by atoms with Crippen molar-refractivity contribution in [1.29, 1.82) is 0 Å². The van der Waals surface area contributed by atoms with Gasteiger partial charge in [0.1, 0.15) is 18.1 Å². The largest absolute Gasteiger partial charge is 0.507 e. The van der Waals surface area contributed by atoms with Crippen LogP contribution >= 0.6 is 0 Å². The average Bonchev–Trinajstić information content (AvgIpc) is 3.23. The molecular formula is C33H38N2O6. The monoisotopic (exact) mass is 558 g/mol. The molecule has 4 rings (SSSR count). The van der Waals surface area contributed by atoms with Gasteiger partial charge in [-0.05, 0) is 74.5 Å². The van der Waals surface area contributed by atoms with Crippen LogP contribution in [0.3, 0.4) is 0 Å². The number of nitrogens with zero attached hydrogens (tertiary/aromatic N) is 2.